The Morgan fingerprint density at radius 3 is 2.50 bits per heavy atom. The van der Waals surface area contributed by atoms with E-state index >= 15 is 0 Å². The van der Waals surface area contributed by atoms with Crippen molar-refractivity contribution in [1.82, 2.24) is 4.31 Å². The number of benzene rings is 3. The molecule has 0 saturated carbocycles. The Hall–Kier alpha value is -3.36. The van der Waals surface area contributed by atoms with Crippen LogP contribution >= 0.6 is 0 Å². The van der Waals surface area contributed by atoms with E-state index in [4.69, 9.17) is 9.47 Å². The van der Waals surface area contributed by atoms with Gasteiger partial charge in [0.1, 0.15) is 16.4 Å². The molecule has 1 aliphatic rings. The van der Waals surface area contributed by atoms with Crippen molar-refractivity contribution in [2.45, 2.75) is 24.7 Å². The number of piperidine rings is 1. The molecule has 0 aliphatic carbocycles. The van der Waals surface area contributed by atoms with Crippen molar-refractivity contribution in [3.8, 4) is 17.2 Å². The first-order valence-electron chi connectivity index (χ1n) is 11.2. The minimum Gasteiger partial charge on any atom is -0.495 e. The minimum absolute atomic E-state index is 0.104. The molecule has 4 rings (SSSR count). The van der Waals surface area contributed by atoms with E-state index in [-0.39, 0.29) is 17.3 Å². The molecule has 1 aliphatic heterocycles. The second kappa shape index (κ2) is 10.3. The zero-order valence-electron chi connectivity index (χ0n) is 19.2. The third-order valence-electron chi connectivity index (χ3n) is 5.81. The van der Waals surface area contributed by atoms with Gasteiger partial charge in [0.05, 0.1) is 18.7 Å². The van der Waals surface area contributed by atoms with E-state index in [0.717, 1.165) is 5.56 Å². The number of hydrogen-bond donors (Lipinski definition) is 1. The van der Waals surface area contributed by atoms with Crippen molar-refractivity contribution in [1.29, 1.82) is 0 Å². The van der Waals surface area contributed by atoms with Crippen LogP contribution in [0.1, 0.15) is 18.4 Å². The maximum atomic E-state index is 13.4. The fourth-order valence-electron chi connectivity index (χ4n) is 4.01. The zero-order chi connectivity index (χ0) is 24.1. The molecular weight excluding hydrogens is 452 g/mol. The quantitative estimate of drug-likeness (QED) is 0.523. The predicted molar refractivity (Wildman–Crippen MR) is 131 cm³/mol. The van der Waals surface area contributed by atoms with Crippen molar-refractivity contribution < 1.29 is 22.7 Å². The van der Waals surface area contributed by atoms with Crippen molar-refractivity contribution in [3.63, 3.8) is 0 Å². The van der Waals surface area contributed by atoms with Gasteiger partial charge < -0.3 is 14.8 Å². The molecule has 1 heterocycles. The van der Waals surface area contributed by atoms with Crippen LogP contribution in [0.15, 0.2) is 77.7 Å². The van der Waals surface area contributed by atoms with Gasteiger partial charge in [0.2, 0.25) is 15.9 Å². The van der Waals surface area contributed by atoms with E-state index < -0.39 is 15.9 Å². The monoisotopic (exact) mass is 480 g/mol. The number of methoxy groups -OCH3 is 1. The van der Waals surface area contributed by atoms with E-state index in [2.05, 4.69) is 5.32 Å². The van der Waals surface area contributed by atoms with Crippen LogP contribution in [-0.2, 0) is 14.8 Å². The molecule has 8 heteroatoms. The van der Waals surface area contributed by atoms with E-state index in [0.29, 0.717) is 42.3 Å². The molecule has 0 bridgehead atoms. The number of ether oxygens (including phenoxy) is 2. The van der Waals surface area contributed by atoms with E-state index in [1.54, 1.807) is 30.3 Å². The Bertz CT molecular complexity index is 1260. The molecule has 1 saturated heterocycles. The number of rotatable bonds is 7. The van der Waals surface area contributed by atoms with Gasteiger partial charge in [0.15, 0.2) is 5.75 Å². The predicted octanol–water partition coefficient (Wildman–Crippen LogP) is 4.84. The Morgan fingerprint density at radius 2 is 1.74 bits per heavy atom. The molecule has 1 fully saturated rings. The topological polar surface area (TPSA) is 84.9 Å². The molecule has 0 unspecified atom stereocenters. The first-order valence-corrected chi connectivity index (χ1v) is 12.6. The SMILES string of the molecule is COc1ccc(C)cc1S(=O)(=O)N1CCC[C@@H](C(=O)Nc2ccccc2Oc2ccccc2)C1. The van der Waals surface area contributed by atoms with Gasteiger partial charge in [-0.3, -0.25) is 4.79 Å². The highest BCUT2D eigenvalue weighted by atomic mass is 32.2. The van der Waals surface area contributed by atoms with Gasteiger partial charge in [-0.25, -0.2) is 8.42 Å². The highest BCUT2D eigenvalue weighted by Crippen LogP contribution is 2.33. The van der Waals surface area contributed by atoms with Crippen molar-refractivity contribution in [3.05, 3.63) is 78.4 Å². The molecule has 0 aromatic heterocycles. The lowest BCUT2D eigenvalue weighted by molar-refractivity contribution is -0.120. The minimum atomic E-state index is -3.81. The standard InChI is InChI=1S/C26H28N2O5S/c1-19-14-15-24(32-2)25(17-19)34(30,31)28-16-8-9-20(18-28)26(29)27-22-12-6-7-13-23(22)33-21-10-4-3-5-11-21/h3-7,10-15,17,20H,8-9,16,18H2,1-2H3,(H,27,29)/t20-/m1/s1. The van der Waals surface area contributed by atoms with Crippen LogP contribution in [0.4, 0.5) is 5.69 Å². The fourth-order valence-corrected chi connectivity index (χ4v) is 5.77. The van der Waals surface area contributed by atoms with E-state index in [1.807, 2.05) is 49.4 Å². The van der Waals surface area contributed by atoms with Gasteiger partial charge in [-0.2, -0.15) is 4.31 Å². The number of carbonyl (C=O) groups excluding carboxylic acids is 1. The van der Waals surface area contributed by atoms with Crippen LogP contribution in [0.2, 0.25) is 0 Å². The maximum absolute atomic E-state index is 13.4. The van der Waals surface area contributed by atoms with Gasteiger partial charge in [-0.05, 0) is 61.7 Å². The summed E-state index contributed by atoms with van der Waals surface area (Å²) < 4.78 is 39.4. The number of nitrogens with zero attached hydrogens (tertiary/aromatic N) is 1. The molecular formula is C26H28N2O5S. The molecule has 0 radical (unpaired) electrons. The summed E-state index contributed by atoms with van der Waals surface area (Å²) in [7, 11) is -2.36. The van der Waals surface area contributed by atoms with Gasteiger partial charge in [-0.15, -0.1) is 0 Å². The first kappa shape index (κ1) is 23.8. The van der Waals surface area contributed by atoms with Crippen LogP contribution in [0.25, 0.3) is 0 Å². The average molecular weight is 481 g/mol. The molecule has 3 aromatic rings. The maximum Gasteiger partial charge on any atom is 0.246 e. The Labute approximate surface area is 200 Å². The molecule has 0 spiro atoms. The average Bonchev–Trinajstić information content (AvgIpc) is 2.86. The summed E-state index contributed by atoms with van der Waals surface area (Å²) in [6.45, 7) is 2.30. The summed E-state index contributed by atoms with van der Waals surface area (Å²) in [6, 6.07) is 21.6. The molecule has 7 nitrogen and oxygen atoms in total. The molecule has 34 heavy (non-hydrogen) atoms. The number of aryl methyl sites for hydroxylation is 1. The van der Waals surface area contributed by atoms with Gasteiger partial charge in [-0.1, -0.05) is 36.4 Å². The van der Waals surface area contributed by atoms with Crippen LogP contribution in [-0.4, -0.2) is 38.8 Å². The van der Waals surface area contributed by atoms with Crippen molar-refractivity contribution in [2.24, 2.45) is 5.92 Å². The Balaban J connectivity index is 1.50. The molecule has 1 amide bonds. The highest BCUT2D eigenvalue weighted by Gasteiger charge is 2.35. The Morgan fingerprint density at radius 1 is 1.00 bits per heavy atom. The van der Waals surface area contributed by atoms with E-state index in [9.17, 15) is 13.2 Å². The summed E-state index contributed by atoms with van der Waals surface area (Å²) in [5.74, 6) is 0.756. The molecule has 1 N–H and O–H groups in total. The first-order chi connectivity index (χ1) is 16.4. The fraction of sp³-hybridized carbons (Fsp3) is 0.269. The van der Waals surface area contributed by atoms with Crippen LogP contribution in [0.5, 0.6) is 17.2 Å². The molecule has 3 aromatic carbocycles. The number of anilines is 1. The van der Waals surface area contributed by atoms with Crippen LogP contribution in [0, 0.1) is 12.8 Å². The zero-order valence-corrected chi connectivity index (χ0v) is 20.0. The molecule has 178 valence electrons. The van der Waals surface area contributed by atoms with Gasteiger partial charge in [0.25, 0.3) is 0 Å². The van der Waals surface area contributed by atoms with Crippen LogP contribution < -0.4 is 14.8 Å². The van der Waals surface area contributed by atoms with Crippen LogP contribution in [0.3, 0.4) is 0 Å². The summed E-state index contributed by atoms with van der Waals surface area (Å²) in [5, 5.41) is 2.93. The lowest BCUT2D eigenvalue weighted by Crippen LogP contribution is -2.43. The lowest BCUT2D eigenvalue weighted by Gasteiger charge is -2.31. The summed E-state index contributed by atoms with van der Waals surface area (Å²) in [4.78, 5) is 13.3. The van der Waals surface area contributed by atoms with Gasteiger partial charge >= 0.3 is 0 Å². The number of para-hydroxylation sites is 3. The highest BCUT2D eigenvalue weighted by molar-refractivity contribution is 7.89. The number of hydrogen-bond acceptors (Lipinski definition) is 5. The number of sulfonamides is 1. The third-order valence-corrected chi connectivity index (χ3v) is 7.69. The largest absolute Gasteiger partial charge is 0.495 e. The lowest BCUT2D eigenvalue weighted by atomic mass is 9.98. The number of carbonyl (C=O) groups is 1. The van der Waals surface area contributed by atoms with Crippen molar-refractivity contribution >= 4 is 21.6 Å². The third kappa shape index (κ3) is 5.24. The van der Waals surface area contributed by atoms with Gasteiger partial charge in [0, 0.05) is 13.1 Å². The second-order valence-electron chi connectivity index (χ2n) is 8.26. The smallest absolute Gasteiger partial charge is 0.246 e. The summed E-state index contributed by atoms with van der Waals surface area (Å²) in [5.41, 5.74) is 1.36. The number of nitrogens with one attached hydrogen (secondary N) is 1. The number of amides is 1. The van der Waals surface area contributed by atoms with E-state index in [1.165, 1.54) is 11.4 Å². The second-order valence-corrected chi connectivity index (χ2v) is 10.2. The summed E-state index contributed by atoms with van der Waals surface area (Å²) in [6.07, 6.45) is 1.19. The Kier molecular flexibility index (Phi) is 7.19. The molecule has 1 atom stereocenters. The summed E-state index contributed by atoms with van der Waals surface area (Å²) >= 11 is 0. The normalized spacial score (nSPS) is 16.6. The van der Waals surface area contributed by atoms with Crippen molar-refractivity contribution in [2.75, 3.05) is 25.5 Å².